The lowest BCUT2D eigenvalue weighted by Gasteiger charge is -2.13. The monoisotopic (exact) mass is 203 g/mol. The molecule has 3 heteroatoms. The van der Waals surface area contributed by atoms with E-state index < -0.39 is 0 Å². The summed E-state index contributed by atoms with van der Waals surface area (Å²) < 4.78 is 5.46. The Labute approximate surface area is 85.3 Å². The van der Waals surface area contributed by atoms with Crippen molar-refractivity contribution in [1.82, 2.24) is 5.32 Å². The van der Waals surface area contributed by atoms with Gasteiger partial charge in [-0.3, -0.25) is 0 Å². The highest BCUT2D eigenvalue weighted by Crippen LogP contribution is 2.18. The molecule has 0 aromatic rings. The second-order valence-corrected chi connectivity index (χ2v) is 3.72. The number of nitrogens with one attached hydrogen (secondary N) is 1. The molecule has 1 aliphatic rings. The molecule has 0 bridgehead atoms. The SMILES string of the molecule is CC1OCCC1CNC/C=C/CCl. The highest BCUT2D eigenvalue weighted by Gasteiger charge is 2.22. The summed E-state index contributed by atoms with van der Waals surface area (Å²) in [5.74, 6) is 1.29. The standard InChI is InChI=1S/C10H18ClNO/c1-9-10(4-7-13-9)8-12-6-3-2-5-11/h2-3,9-10,12H,4-8H2,1H3/b3-2+. The predicted molar refractivity (Wildman–Crippen MR) is 56.3 cm³/mol. The average molecular weight is 204 g/mol. The maximum atomic E-state index is 5.50. The fraction of sp³-hybridized carbons (Fsp3) is 0.800. The minimum atomic E-state index is 0.421. The lowest BCUT2D eigenvalue weighted by Crippen LogP contribution is -2.27. The first-order chi connectivity index (χ1) is 6.34. The van der Waals surface area contributed by atoms with Crippen LogP contribution in [0.5, 0.6) is 0 Å². The summed E-state index contributed by atoms with van der Waals surface area (Å²) in [4.78, 5) is 0. The van der Waals surface area contributed by atoms with Crippen LogP contribution in [0.4, 0.5) is 0 Å². The Morgan fingerprint density at radius 3 is 3.00 bits per heavy atom. The van der Waals surface area contributed by atoms with E-state index in [1.807, 2.05) is 6.08 Å². The number of halogens is 1. The summed E-state index contributed by atoms with van der Waals surface area (Å²) in [6.45, 7) is 5.03. The Bertz CT molecular complexity index is 161. The number of alkyl halides is 1. The lowest BCUT2D eigenvalue weighted by molar-refractivity contribution is 0.106. The average Bonchev–Trinajstić information content (AvgIpc) is 2.52. The molecule has 2 atom stereocenters. The molecular weight excluding hydrogens is 186 g/mol. The largest absolute Gasteiger partial charge is 0.378 e. The van der Waals surface area contributed by atoms with Crippen molar-refractivity contribution in [3.63, 3.8) is 0 Å². The van der Waals surface area contributed by atoms with E-state index in [9.17, 15) is 0 Å². The molecule has 0 amide bonds. The molecule has 0 spiro atoms. The van der Waals surface area contributed by atoms with Gasteiger partial charge in [-0.2, -0.15) is 0 Å². The molecule has 2 nitrogen and oxygen atoms in total. The van der Waals surface area contributed by atoms with Gasteiger partial charge in [0.05, 0.1) is 6.10 Å². The maximum Gasteiger partial charge on any atom is 0.0588 e. The topological polar surface area (TPSA) is 21.3 Å². The van der Waals surface area contributed by atoms with Crippen molar-refractivity contribution < 1.29 is 4.74 Å². The minimum absolute atomic E-state index is 0.421. The Hall–Kier alpha value is -0.0500. The zero-order valence-corrected chi connectivity index (χ0v) is 8.89. The van der Waals surface area contributed by atoms with Crippen LogP contribution in [0.3, 0.4) is 0 Å². The van der Waals surface area contributed by atoms with E-state index in [2.05, 4.69) is 18.3 Å². The molecule has 0 radical (unpaired) electrons. The van der Waals surface area contributed by atoms with E-state index in [0.717, 1.165) is 19.7 Å². The summed E-state index contributed by atoms with van der Waals surface area (Å²) in [6, 6.07) is 0. The fourth-order valence-electron chi connectivity index (χ4n) is 1.54. The van der Waals surface area contributed by atoms with Crippen LogP contribution in [0.2, 0.25) is 0 Å². The Balaban J connectivity index is 2.02. The molecule has 0 aliphatic carbocycles. The van der Waals surface area contributed by atoms with E-state index in [4.69, 9.17) is 16.3 Å². The number of rotatable bonds is 5. The Morgan fingerprint density at radius 2 is 2.38 bits per heavy atom. The molecule has 0 aromatic heterocycles. The summed E-state index contributed by atoms with van der Waals surface area (Å²) in [6.07, 6.45) is 5.63. The summed E-state index contributed by atoms with van der Waals surface area (Å²) >= 11 is 5.50. The van der Waals surface area contributed by atoms with Crippen LogP contribution in [0, 0.1) is 5.92 Å². The molecule has 1 heterocycles. The van der Waals surface area contributed by atoms with E-state index >= 15 is 0 Å². The van der Waals surface area contributed by atoms with Gasteiger partial charge in [-0.15, -0.1) is 11.6 Å². The van der Waals surface area contributed by atoms with Crippen LogP contribution in [0.15, 0.2) is 12.2 Å². The van der Waals surface area contributed by atoms with Gasteiger partial charge in [0.1, 0.15) is 0 Å². The van der Waals surface area contributed by atoms with Crippen LogP contribution in [0.1, 0.15) is 13.3 Å². The predicted octanol–water partition coefficient (Wildman–Crippen LogP) is 1.80. The fourth-order valence-corrected chi connectivity index (χ4v) is 1.67. The number of allylic oxidation sites excluding steroid dienone is 1. The van der Waals surface area contributed by atoms with Crippen LogP contribution < -0.4 is 5.32 Å². The van der Waals surface area contributed by atoms with E-state index in [0.29, 0.717) is 17.9 Å². The van der Waals surface area contributed by atoms with Crippen molar-refractivity contribution in [2.45, 2.75) is 19.4 Å². The maximum absolute atomic E-state index is 5.50. The van der Waals surface area contributed by atoms with Crippen molar-refractivity contribution in [3.8, 4) is 0 Å². The van der Waals surface area contributed by atoms with Crippen molar-refractivity contribution >= 4 is 11.6 Å². The summed E-state index contributed by atoms with van der Waals surface area (Å²) in [5, 5.41) is 3.37. The third-order valence-corrected chi connectivity index (χ3v) is 2.64. The van der Waals surface area contributed by atoms with Gasteiger partial charge >= 0.3 is 0 Å². The van der Waals surface area contributed by atoms with Gasteiger partial charge in [0.2, 0.25) is 0 Å². The molecule has 2 unspecified atom stereocenters. The van der Waals surface area contributed by atoms with Gasteiger partial charge in [0, 0.05) is 25.6 Å². The van der Waals surface area contributed by atoms with Crippen LogP contribution in [0.25, 0.3) is 0 Å². The first kappa shape index (κ1) is 11.0. The van der Waals surface area contributed by atoms with Crippen molar-refractivity contribution in [2.24, 2.45) is 5.92 Å². The smallest absolute Gasteiger partial charge is 0.0588 e. The van der Waals surface area contributed by atoms with Crippen LogP contribution in [-0.4, -0.2) is 31.7 Å². The molecule has 1 N–H and O–H groups in total. The molecule has 1 saturated heterocycles. The molecule has 1 fully saturated rings. The normalized spacial score (nSPS) is 28.8. The van der Waals surface area contributed by atoms with E-state index in [1.165, 1.54) is 6.42 Å². The van der Waals surface area contributed by atoms with Crippen LogP contribution in [-0.2, 0) is 4.74 Å². The Kier molecular flexibility index (Phi) is 5.44. The first-order valence-corrected chi connectivity index (χ1v) is 5.41. The zero-order valence-electron chi connectivity index (χ0n) is 8.13. The molecule has 1 aliphatic heterocycles. The number of ether oxygens (including phenoxy) is 1. The van der Waals surface area contributed by atoms with Crippen LogP contribution >= 0.6 is 11.6 Å². The van der Waals surface area contributed by atoms with Gasteiger partial charge < -0.3 is 10.1 Å². The highest BCUT2D eigenvalue weighted by molar-refractivity contribution is 6.18. The second kappa shape index (κ2) is 6.41. The van der Waals surface area contributed by atoms with Crippen molar-refractivity contribution in [3.05, 3.63) is 12.2 Å². The molecular formula is C10H18ClNO. The number of hydrogen-bond donors (Lipinski definition) is 1. The first-order valence-electron chi connectivity index (χ1n) is 4.88. The molecule has 0 aromatic carbocycles. The van der Waals surface area contributed by atoms with Gasteiger partial charge in [0.15, 0.2) is 0 Å². The summed E-state index contributed by atoms with van der Waals surface area (Å²) in [7, 11) is 0. The van der Waals surface area contributed by atoms with Gasteiger partial charge in [-0.25, -0.2) is 0 Å². The number of hydrogen-bond acceptors (Lipinski definition) is 2. The quantitative estimate of drug-likeness (QED) is 0.418. The molecule has 1 rings (SSSR count). The van der Waals surface area contributed by atoms with E-state index in [-0.39, 0.29) is 0 Å². The van der Waals surface area contributed by atoms with E-state index in [1.54, 1.807) is 0 Å². The highest BCUT2D eigenvalue weighted by atomic mass is 35.5. The Morgan fingerprint density at radius 1 is 1.54 bits per heavy atom. The molecule has 76 valence electrons. The minimum Gasteiger partial charge on any atom is -0.378 e. The molecule has 13 heavy (non-hydrogen) atoms. The van der Waals surface area contributed by atoms with Gasteiger partial charge in [-0.1, -0.05) is 12.2 Å². The van der Waals surface area contributed by atoms with Gasteiger partial charge in [-0.05, 0) is 19.3 Å². The third kappa shape index (κ3) is 4.12. The van der Waals surface area contributed by atoms with Gasteiger partial charge in [0.25, 0.3) is 0 Å². The molecule has 0 saturated carbocycles. The van der Waals surface area contributed by atoms with Crippen molar-refractivity contribution in [1.29, 1.82) is 0 Å². The summed E-state index contributed by atoms with van der Waals surface area (Å²) in [5.41, 5.74) is 0. The lowest BCUT2D eigenvalue weighted by atomic mass is 10.0. The zero-order chi connectivity index (χ0) is 9.52. The third-order valence-electron chi connectivity index (χ3n) is 2.46. The second-order valence-electron chi connectivity index (χ2n) is 3.41. The van der Waals surface area contributed by atoms with Crippen molar-refractivity contribution in [2.75, 3.05) is 25.6 Å².